The van der Waals surface area contributed by atoms with Crippen LogP contribution in [-0.4, -0.2) is 20.3 Å². The number of hydrogen-bond acceptors (Lipinski definition) is 3. The van der Waals surface area contributed by atoms with E-state index in [0.717, 1.165) is 33.7 Å². The number of anilines is 1. The van der Waals surface area contributed by atoms with Crippen molar-refractivity contribution >= 4 is 17.4 Å². The van der Waals surface area contributed by atoms with E-state index in [4.69, 9.17) is 4.98 Å². The lowest BCUT2D eigenvalue weighted by atomic mass is 10.0. The molecule has 0 radical (unpaired) electrons. The fraction of sp³-hybridized carbons (Fsp3) is 0.208. The molecule has 1 aromatic carbocycles. The van der Waals surface area contributed by atoms with Crippen molar-refractivity contribution in [2.24, 2.45) is 0 Å². The van der Waals surface area contributed by atoms with Gasteiger partial charge in [-0.2, -0.15) is 0 Å². The maximum absolute atomic E-state index is 12.8. The third-order valence-electron chi connectivity index (χ3n) is 5.17. The number of carbonyl (C=O) groups is 1. The predicted octanol–water partition coefficient (Wildman–Crippen LogP) is 4.81. The number of pyridine rings is 2. The van der Waals surface area contributed by atoms with Gasteiger partial charge in [0.2, 0.25) is 5.91 Å². The Morgan fingerprint density at radius 3 is 2.52 bits per heavy atom. The molecule has 0 aliphatic rings. The molecule has 4 rings (SSSR count). The lowest BCUT2D eigenvalue weighted by molar-refractivity contribution is -0.115. The molecule has 0 bridgehead atoms. The van der Waals surface area contributed by atoms with E-state index in [1.54, 1.807) is 6.20 Å². The highest BCUT2D eigenvalue weighted by molar-refractivity contribution is 5.92. The van der Waals surface area contributed by atoms with Crippen molar-refractivity contribution in [1.82, 2.24) is 14.4 Å². The molecule has 1 N–H and O–H groups in total. The van der Waals surface area contributed by atoms with Gasteiger partial charge in [-0.3, -0.25) is 4.79 Å². The summed E-state index contributed by atoms with van der Waals surface area (Å²) in [4.78, 5) is 21.9. The molecule has 0 aliphatic carbocycles. The number of rotatable bonds is 4. The van der Waals surface area contributed by atoms with Gasteiger partial charge in [-0.1, -0.05) is 12.1 Å². The summed E-state index contributed by atoms with van der Waals surface area (Å²) in [5.41, 5.74) is 8.19. The Morgan fingerprint density at radius 2 is 1.76 bits per heavy atom. The van der Waals surface area contributed by atoms with Crippen LogP contribution >= 0.6 is 0 Å². The summed E-state index contributed by atoms with van der Waals surface area (Å²) in [5.74, 6) is 0.447. The molecule has 1 amide bonds. The Labute approximate surface area is 170 Å². The lowest BCUT2D eigenvalue weighted by Gasteiger charge is -2.09. The SMILES string of the molecule is Cc1ccnc(NC(=O)Cc2c(-c3ccc(C)c(C)c3)nc3cc(C)ccn23)c1. The molecule has 146 valence electrons. The highest BCUT2D eigenvalue weighted by Gasteiger charge is 2.18. The number of aryl methyl sites for hydroxylation is 4. The number of hydrogen-bond donors (Lipinski definition) is 1. The monoisotopic (exact) mass is 384 g/mol. The summed E-state index contributed by atoms with van der Waals surface area (Å²) < 4.78 is 2.00. The number of nitrogens with zero attached hydrogens (tertiary/aromatic N) is 3. The van der Waals surface area contributed by atoms with E-state index >= 15 is 0 Å². The van der Waals surface area contributed by atoms with Gasteiger partial charge in [0.25, 0.3) is 0 Å². The number of nitrogens with one attached hydrogen (secondary N) is 1. The summed E-state index contributed by atoms with van der Waals surface area (Å²) in [5, 5.41) is 2.91. The first-order valence-electron chi connectivity index (χ1n) is 9.68. The number of aromatic nitrogens is 3. The number of fused-ring (bicyclic) bond motifs is 1. The summed E-state index contributed by atoms with van der Waals surface area (Å²) >= 11 is 0. The van der Waals surface area contributed by atoms with Crippen LogP contribution in [0.25, 0.3) is 16.9 Å². The van der Waals surface area contributed by atoms with Gasteiger partial charge >= 0.3 is 0 Å². The molecule has 29 heavy (non-hydrogen) atoms. The Balaban J connectivity index is 1.75. The quantitative estimate of drug-likeness (QED) is 0.549. The average molecular weight is 384 g/mol. The zero-order valence-electron chi connectivity index (χ0n) is 17.2. The van der Waals surface area contributed by atoms with Gasteiger partial charge < -0.3 is 9.72 Å². The summed E-state index contributed by atoms with van der Waals surface area (Å²) in [7, 11) is 0. The number of benzene rings is 1. The minimum absolute atomic E-state index is 0.115. The minimum Gasteiger partial charge on any atom is -0.310 e. The van der Waals surface area contributed by atoms with Gasteiger partial charge in [-0.25, -0.2) is 9.97 Å². The van der Waals surface area contributed by atoms with Crippen LogP contribution in [0.15, 0.2) is 54.9 Å². The molecule has 5 heteroatoms. The third-order valence-corrected chi connectivity index (χ3v) is 5.17. The van der Waals surface area contributed by atoms with Crippen molar-refractivity contribution in [3.63, 3.8) is 0 Å². The second-order valence-electron chi connectivity index (χ2n) is 7.58. The van der Waals surface area contributed by atoms with Crippen molar-refractivity contribution in [2.45, 2.75) is 34.1 Å². The van der Waals surface area contributed by atoms with Gasteiger partial charge in [-0.15, -0.1) is 0 Å². The average Bonchev–Trinajstić information content (AvgIpc) is 3.01. The van der Waals surface area contributed by atoms with Gasteiger partial charge in [0.15, 0.2) is 0 Å². The van der Waals surface area contributed by atoms with E-state index in [2.05, 4.69) is 42.3 Å². The normalized spacial score (nSPS) is 11.0. The van der Waals surface area contributed by atoms with E-state index in [1.807, 2.05) is 48.7 Å². The topological polar surface area (TPSA) is 59.3 Å². The molecule has 0 atom stereocenters. The van der Waals surface area contributed by atoms with E-state index in [-0.39, 0.29) is 12.3 Å². The van der Waals surface area contributed by atoms with Crippen molar-refractivity contribution in [1.29, 1.82) is 0 Å². The molecule has 0 saturated carbocycles. The van der Waals surface area contributed by atoms with Crippen LogP contribution in [0.5, 0.6) is 0 Å². The molecular formula is C24H24N4O. The largest absolute Gasteiger partial charge is 0.310 e. The van der Waals surface area contributed by atoms with Crippen molar-refractivity contribution in [3.8, 4) is 11.3 Å². The Morgan fingerprint density at radius 1 is 0.966 bits per heavy atom. The van der Waals surface area contributed by atoms with E-state index in [1.165, 1.54) is 11.1 Å². The Hall–Kier alpha value is -3.47. The molecule has 0 aliphatic heterocycles. The number of carbonyl (C=O) groups excluding carboxylic acids is 1. The summed E-state index contributed by atoms with van der Waals surface area (Å²) in [6.45, 7) is 8.20. The molecule has 0 unspecified atom stereocenters. The van der Waals surface area contributed by atoms with Crippen LogP contribution in [0.3, 0.4) is 0 Å². The molecule has 5 nitrogen and oxygen atoms in total. The highest BCUT2D eigenvalue weighted by atomic mass is 16.1. The molecule has 0 spiro atoms. The van der Waals surface area contributed by atoms with Crippen LogP contribution in [0.2, 0.25) is 0 Å². The maximum atomic E-state index is 12.8. The molecule has 3 aromatic heterocycles. The Bertz CT molecular complexity index is 1220. The van der Waals surface area contributed by atoms with E-state index in [9.17, 15) is 4.79 Å². The highest BCUT2D eigenvalue weighted by Crippen LogP contribution is 2.27. The van der Waals surface area contributed by atoms with Gasteiger partial charge in [0.1, 0.15) is 11.5 Å². The number of imidazole rings is 1. The fourth-order valence-corrected chi connectivity index (χ4v) is 3.43. The molecule has 0 fully saturated rings. The molecule has 3 heterocycles. The maximum Gasteiger partial charge on any atom is 0.231 e. The second-order valence-corrected chi connectivity index (χ2v) is 7.58. The first kappa shape index (κ1) is 18.9. The molecule has 0 saturated heterocycles. The summed E-state index contributed by atoms with van der Waals surface area (Å²) in [6, 6.07) is 14.1. The van der Waals surface area contributed by atoms with Gasteiger partial charge in [-0.05, 0) is 80.3 Å². The second kappa shape index (κ2) is 7.51. The van der Waals surface area contributed by atoms with Crippen LogP contribution in [0.4, 0.5) is 5.82 Å². The van der Waals surface area contributed by atoms with E-state index in [0.29, 0.717) is 5.82 Å². The standard InChI is InChI=1S/C24H24N4O/c1-15-7-9-25-21(11-15)26-23(29)14-20-24(19-6-5-17(3)18(4)13-19)27-22-12-16(2)8-10-28(20)22/h5-13H,14H2,1-4H3,(H,25,26,29). The summed E-state index contributed by atoms with van der Waals surface area (Å²) in [6.07, 6.45) is 3.89. The van der Waals surface area contributed by atoms with Gasteiger partial charge in [0.05, 0.1) is 17.8 Å². The zero-order valence-corrected chi connectivity index (χ0v) is 17.2. The van der Waals surface area contributed by atoms with Crippen LogP contribution in [0, 0.1) is 27.7 Å². The first-order chi connectivity index (χ1) is 13.9. The fourth-order valence-electron chi connectivity index (χ4n) is 3.43. The molecular weight excluding hydrogens is 360 g/mol. The van der Waals surface area contributed by atoms with Crippen molar-refractivity contribution in [3.05, 3.63) is 82.8 Å². The van der Waals surface area contributed by atoms with Crippen LogP contribution in [-0.2, 0) is 11.2 Å². The minimum atomic E-state index is -0.115. The van der Waals surface area contributed by atoms with E-state index < -0.39 is 0 Å². The number of amides is 1. The first-order valence-corrected chi connectivity index (χ1v) is 9.68. The lowest BCUT2D eigenvalue weighted by Crippen LogP contribution is -2.17. The van der Waals surface area contributed by atoms with Gasteiger partial charge in [0, 0.05) is 18.0 Å². The third kappa shape index (κ3) is 3.90. The van der Waals surface area contributed by atoms with Crippen LogP contribution < -0.4 is 5.32 Å². The molecule has 4 aromatic rings. The zero-order chi connectivity index (χ0) is 20.5. The predicted molar refractivity (Wildman–Crippen MR) is 116 cm³/mol. The van der Waals surface area contributed by atoms with Crippen LogP contribution in [0.1, 0.15) is 27.9 Å². The van der Waals surface area contributed by atoms with Crippen molar-refractivity contribution in [2.75, 3.05) is 5.32 Å². The smallest absolute Gasteiger partial charge is 0.231 e. The Kier molecular flexibility index (Phi) is 4.89. The van der Waals surface area contributed by atoms with Crippen molar-refractivity contribution < 1.29 is 4.79 Å².